The Bertz CT molecular complexity index is 122. The van der Waals surface area contributed by atoms with E-state index in [2.05, 4.69) is 27.7 Å². The zero-order valence-corrected chi connectivity index (χ0v) is 17.2. The molecule has 0 aliphatic heterocycles. The summed E-state index contributed by atoms with van der Waals surface area (Å²) in [5, 5.41) is 6.62. The van der Waals surface area contributed by atoms with Gasteiger partial charge in [0.25, 0.3) is 0 Å². The largest absolute Gasteiger partial charge is 1.00 e. The average molecular weight is 278 g/mol. The Balaban J connectivity index is 0. The summed E-state index contributed by atoms with van der Waals surface area (Å²) in [5.41, 5.74) is 0. The van der Waals surface area contributed by atoms with Crippen molar-refractivity contribution in [1.82, 2.24) is 0 Å². The molecule has 0 radical (unpaired) electrons. The van der Waals surface area contributed by atoms with Crippen molar-refractivity contribution in [3.8, 4) is 0 Å². The smallest absolute Gasteiger partial charge is 0.191 e. The Morgan fingerprint density at radius 1 is 0.500 bits per heavy atom. The molecule has 0 amide bonds. The van der Waals surface area contributed by atoms with Gasteiger partial charge in [-0.2, -0.15) is 21.1 Å². The molecule has 0 saturated heterocycles. The fraction of sp³-hybridized carbons (Fsp3) is 1.00. The van der Waals surface area contributed by atoms with Gasteiger partial charge in [0.2, 0.25) is 0 Å². The van der Waals surface area contributed by atoms with Crippen LogP contribution in [0.3, 0.4) is 0 Å². The van der Waals surface area contributed by atoms with Gasteiger partial charge >= 0.3 is 29.6 Å². The van der Waals surface area contributed by atoms with E-state index in [0.29, 0.717) is 0 Å². The molecule has 0 unspecified atom stereocenters. The van der Waals surface area contributed by atoms with E-state index < -0.39 is 13.1 Å². The van der Waals surface area contributed by atoms with Crippen molar-refractivity contribution >= 4 is 13.1 Å². The Morgan fingerprint density at radius 3 is 0.889 bits per heavy atom. The maximum atomic E-state index is 2.36. The van der Waals surface area contributed by atoms with E-state index in [9.17, 15) is 0 Å². The third kappa shape index (κ3) is 10.3. The van der Waals surface area contributed by atoms with Crippen LogP contribution in [-0.2, 0) is 0 Å². The van der Waals surface area contributed by atoms with Crippen LogP contribution in [0.15, 0.2) is 0 Å². The fourth-order valence-corrected chi connectivity index (χ4v) is 10.2. The number of rotatable bonds is 12. The molecule has 0 N–H and O–H groups in total. The molecule has 0 bridgehead atoms. The van der Waals surface area contributed by atoms with Crippen molar-refractivity contribution < 1.29 is 29.6 Å². The molecule has 0 aliphatic carbocycles. The number of hydrogen-bond donors (Lipinski definition) is 0. The minimum absolute atomic E-state index is 0. The van der Waals surface area contributed by atoms with Crippen LogP contribution in [0.2, 0.25) is 21.1 Å². The molecular weight excluding hydrogens is 242 g/mol. The number of hydrogen-bond acceptors (Lipinski definition) is 0. The first kappa shape index (κ1) is 21.8. The molecule has 0 aliphatic rings. The van der Waals surface area contributed by atoms with Gasteiger partial charge in [0.05, 0.1) is 0 Å². The van der Waals surface area contributed by atoms with Crippen LogP contribution in [0, 0.1) is 0 Å². The van der Waals surface area contributed by atoms with Gasteiger partial charge < -0.3 is 0 Å². The first-order chi connectivity index (χ1) is 8.24. The van der Waals surface area contributed by atoms with Gasteiger partial charge in [0, 0.05) is 0 Å². The van der Waals surface area contributed by atoms with Crippen molar-refractivity contribution in [2.75, 3.05) is 0 Å². The molecule has 0 fully saturated rings. The quantitative estimate of drug-likeness (QED) is 0.478. The summed E-state index contributed by atoms with van der Waals surface area (Å²) in [6.07, 6.45) is 11.7. The first-order valence-corrected chi connectivity index (χ1v) is 11.7. The van der Waals surface area contributed by atoms with Crippen LogP contribution in [0.25, 0.3) is 0 Å². The summed E-state index contributed by atoms with van der Waals surface area (Å²) in [6, 6.07) is 0. The molecule has 0 rings (SSSR count). The van der Waals surface area contributed by atoms with E-state index in [4.69, 9.17) is 0 Å². The van der Waals surface area contributed by atoms with Crippen molar-refractivity contribution in [2.24, 2.45) is 0 Å². The first-order valence-electron chi connectivity index (χ1n) is 8.46. The number of unbranched alkanes of at least 4 members (excludes halogenated alkanes) is 4. The van der Waals surface area contributed by atoms with Crippen molar-refractivity contribution in [3.05, 3.63) is 0 Å². The second kappa shape index (κ2) is 14.9. The van der Waals surface area contributed by atoms with Gasteiger partial charge in [-0.05, 0) is 0 Å². The Hall–Kier alpha value is 1.53. The molecule has 0 heterocycles. The third-order valence-electron chi connectivity index (χ3n) is 4.68. The van der Waals surface area contributed by atoms with Crippen molar-refractivity contribution in [3.63, 3.8) is 0 Å². The Morgan fingerprint density at radius 2 is 0.722 bits per heavy atom. The van der Waals surface area contributed by atoms with Gasteiger partial charge in [-0.25, -0.2) is 0 Å². The molecule has 104 valence electrons. The topological polar surface area (TPSA) is 0 Å². The summed E-state index contributed by atoms with van der Waals surface area (Å²) >= 11 is -1.20. The van der Waals surface area contributed by atoms with Crippen LogP contribution in [-0.4, -0.2) is 13.1 Å². The molecule has 0 atom stereocenters. The summed E-state index contributed by atoms with van der Waals surface area (Å²) in [5.74, 6) is 0. The van der Waals surface area contributed by atoms with Gasteiger partial charge in [-0.15, -0.1) is 0 Å². The van der Waals surface area contributed by atoms with Crippen LogP contribution >= 0.6 is 0 Å². The second-order valence-corrected chi connectivity index (χ2v) is 12.1. The standard InChI is InChI=1S/4C4H9.Al.Na/c4*1-3-4-2;;/h4*1,3-4H2,2H3;;/q;;;;-1;+1. The minimum atomic E-state index is -1.20. The van der Waals surface area contributed by atoms with Crippen LogP contribution < -0.4 is 29.6 Å². The molecule has 0 aromatic heterocycles. The fourth-order valence-electron chi connectivity index (χ4n) is 3.41. The van der Waals surface area contributed by atoms with Gasteiger partial charge in [-0.3, -0.25) is 0 Å². The molecule has 18 heavy (non-hydrogen) atoms. The zero-order valence-electron chi connectivity index (χ0n) is 14.1. The summed E-state index contributed by atoms with van der Waals surface area (Å²) < 4.78 is 0. The maximum Gasteiger partial charge on any atom is 1.00 e. The predicted molar refractivity (Wildman–Crippen MR) is 84.6 cm³/mol. The van der Waals surface area contributed by atoms with E-state index in [1.54, 1.807) is 21.1 Å². The van der Waals surface area contributed by atoms with E-state index in [1.807, 2.05) is 0 Å². The normalized spacial score (nSPS) is 11.3. The zero-order chi connectivity index (χ0) is 13.0. The molecule has 0 aromatic rings. The average Bonchev–Trinajstić information content (AvgIpc) is 2.37. The van der Waals surface area contributed by atoms with Gasteiger partial charge in [-0.1, -0.05) is 79.1 Å². The van der Waals surface area contributed by atoms with Crippen LogP contribution in [0.4, 0.5) is 0 Å². The molecule has 0 nitrogen and oxygen atoms in total. The summed E-state index contributed by atoms with van der Waals surface area (Å²) in [4.78, 5) is 0. The van der Waals surface area contributed by atoms with Gasteiger partial charge in [0.1, 0.15) is 13.1 Å². The van der Waals surface area contributed by atoms with Crippen molar-refractivity contribution in [1.29, 1.82) is 0 Å². The molecule has 0 spiro atoms. The predicted octanol–water partition coefficient (Wildman–Crippen LogP) is 3.64. The van der Waals surface area contributed by atoms with Crippen LogP contribution in [0.5, 0.6) is 0 Å². The summed E-state index contributed by atoms with van der Waals surface area (Å²) in [6.45, 7) is 9.46. The molecular formula is C16H36AlNa. The van der Waals surface area contributed by atoms with Gasteiger partial charge in [0.15, 0.2) is 0 Å². The van der Waals surface area contributed by atoms with Crippen LogP contribution in [0.1, 0.15) is 79.1 Å². The van der Waals surface area contributed by atoms with Crippen molar-refractivity contribution in [2.45, 2.75) is 100 Å². The molecule has 2 heteroatoms. The molecule has 0 aromatic carbocycles. The third-order valence-corrected chi connectivity index (χ3v) is 11.2. The summed E-state index contributed by atoms with van der Waals surface area (Å²) in [7, 11) is 0. The Labute approximate surface area is 142 Å². The van der Waals surface area contributed by atoms with E-state index in [0.717, 1.165) is 0 Å². The second-order valence-electron chi connectivity index (χ2n) is 6.30. The molecule has 0 saturated carbocycles. The van der Waals surface area contributed by atoms with E-state index in [1.165, 1.54) is 51.4 Å². The maximum absolute atomic E-state index is 2.36. The SMILES string of the molecule is CCC[CH2][Al-]([CH2]CCC)([CH2]CCC)[CH2]CCC.[Na+]. The minimum Gasteiger partial charge on any atom is -0.191 e. The Kier molecular flexibility index (Phi) is 18.1. The van der Waals surface area contributed by atoms with E-state index in [-0.39, 0.29) is 29.6 Å². The monoisotopic (exact) mass is 278 g/mol. The van der Waals surface area contributed by atoms with E-state index >= 15 is 0 Å².